The van der Waals surface area contributed by atoms with Gasteiger partial charge in [-0.2, -0.15) is 0 Å². The van der Waals surface area contributed by atoms with E-state index in [0.717, 1.165) is 37.9 Å². The molecule has 0 saturated carbocycles. The van der Waals surface area contributed by atoms with E-state index in [2.05, 4.69) is 20.3 Å². The van der Waals surface area contributed by atoms with Crippen molar-refractivity contribution in [3.8, 4) is 0 Å². The van der Waals surface area contributed by atoms with Gasteiger partial charge in [-0.3, -0.25) is 4.72 Å². The van der Waals surface area contributed by atoms with E-state index in [-0.39, 0.29) is 24.0 Å². The number of para-hydroxylation sites is 1. The monoisotopic (exact) mass is 484 g/mol. The molecule has 0 fully saturated rings. The average Bonchev–Trinajstić information content (AvgIpc) is 2.52. The smallest absolute Gasteiger partial charge is 0.229 e. The van der Waals surface area contributed by atoms with Crippen molar-refractivity contribution in [2.75, 3.05) is 37.3 Å². The molecule has 25 heavy (non-hydrogen) atoms. The Kier molecular flexibility index (Phi) is 12.6. The van der Waals surface area contributed by atoms with E-state index in [0.29, 0.717) is 24.8 Å². The summed E-state index contributed by atoms with van der Waals surface area (Å²) in [6.07, 6.45) is 2.03. The van der Waals surface area contributed by atoms with Gasteiger partial charge in [-0.1, -0.05) is 18.2 Å². The van der Waals surface area contributed by atoms with E-state index in [9.17, 15) is 8.42 Å². The number of nitrogens with one attached hydrogen (secondary N) is 3. The number of rotatable bonds is 10. The molecule has 1 rings (SSSR count). The van der Waals surface area contributed by atoms with Crippen LogP contribution in [0.25, 0.3) is 0 Å². The predicted octanol–water partition coefficient (Wildman–Crippen LogP) is 2.16. The summed E-state index contributed by atoms with van der Waals surface area (Å²) in [5.74, 6) is 0.697. The van der Waals surface area contributed by atoms with Crippen LogP contribution in [0.1, 0.15) is 25.8 Å². The van der Waals surface area contributed by atoms with Crippen LogP contribution in [-0.4, -0.2) is 46.9 Å². The van der Waals surface area contributed by atoms with Crippen LogP contribution in [0.3, 0.4) is 0 Å². The van der Waals surface area contributed by atoms with Crippen molar-refractivity contribution in [2.45, 2.75) is 26.8 Å². The lowest BCUT2D eigenvalue weighted by Gasteiger charge is -2.13. The zero-order valence-corrected chi connectivity index (χ0v) is 18.2. The number of sulfonamides is 1. The minimum absolute atomic E-state index is 0. The average molecular weight is 484 g/mol. The second-order valence-corrected chi connectivity index (χ2v) is 6.95. The van der Waals surface area contributed by atoms with Gasteiger partial charge in [0.1, 0.15) is 0 Å². The second-order valence-electron chi connectivity index (χ2n) is 5.20. The summed E-state index contributed by atoms with van der Waals surface area (Å²) in [5, 5.41) is 6.41. The normalized spacial score (nSPS) is 11.6. The van der Waals surface area contributed by atoms with Crippen LogP contribution in [0.15, 0.2) is 29.3 Å². The first kappa shape index (κ1) is 23.9. The Morgan fingerprint density at radius 2 is 1.92 bits per heavy atom. The minimum atomic E-state index is -3.32. The molecule has 3 N–H and O–H groups in total. The van der Waals surface area contributed by atoms with E-state index in [1.165, 1.54) is 0 Å². The fourth-order valence-corrected chi connectivity index (χ4v) is 2.59. The van der Waals surface area contributed by atoms with Gasteiger partial charge in [0.2, 0.25) is 10.0 Å². The van der Waals surface area contributed by atoms with Crippen LogP contribution in [-0.2, 0) is 21.3 Å². The first-order valence-corrected chi connectivity index (χ1v) is 10.0. The van der Waals surface area contributed by atoms with Crippen LogP contribution in [0.5, 0.6) is 0 Å². The van der Waals surface area contributed by atoms with E-state index in [4.69, 9.17) is 4.74 Å². The van der Waals surface area contributed by atoms with Gasteiger partial charge in [-0.25, -0.2) is 13.4 Å². The first-order chi connectivity index (χ1) is 11.5. The summed E-state index contributed by atoms with van der Waals surface area (Å²) in [6, 6.07) is 7.24. The first-order valence-electron chi connectivity index (χ1n) is 8.12. The van der Waals surface area contributed by atoms with Gasteiger partial charge in [-0.15, -0.1) is 24.0 Å². The standard InChI is InChI=1S/C16H28N4O3S.HI/c1-4-17-16(18-11-8-12-23-5-2)19-13-14-9-6-7-10-15(14)20-24(3,21)22;/h6-7,9-10,20H,4-5,8,11-13H2,1-3H3,(H2,17,18,19);1H. The molecule has 144 valence electrons. The van der Waals surface area contributed by atoms with Gasteiger partial charge < -0.3 is 15.4 Å². The molecule has 9 heteroatoms. The molecule has 0 amide bonds. The summed E-state index contributed by atoms with van der Waals surface area (Å²) in [5.41, 5.74) is 1.37. The summed E-state index contributed by atoms with van der Waals surface area (Å²) < 4.78 is 30.7. The molecule has 1 aromatic rings. The molecule has 0 radical (unpaired) electrons. The van der Waals surface area contributed by atoms with Gasteiger partial charge >= 0.3 is 0 Å². The van der Waals surface area contributed by atoms with Gasteiger partial charge in [0.05, 0.1) is 18.5 Å². The number of hydrogen-bond acceptors (Lipinski definition) is 4. The lowest BCUT2D eigenvalue weighted by molar-refractivity contribution is 0.145. The number of benzene rings is 1. The van der Waals surface area contributed by atoms with E-state index < -0.39 is 10.0 Å². The molecule has 0 aliphatic heterocycles. The quantitative estimate of drug-likeness (QED) is 0.205. The third-order valence-electron chi connectivity index (χ3n) is 3.03. The highest BCUT2D eigenvalue weighted by molar-refractivity contribution is 14.0. The largest absolute Gasteiger partial charge is 0.382 e. The zero-order valence-electron chi connectivity index (χ0n) is 15.0. The third-order valence-corrected chi connectivity index (χ3v) is 3.62. The Bertz CT molecular complexity index is 624. The molecule has 0 atom stereocenters. The Balaban J connectivity index is 0.00000576. The summed E-state index contributed by atoms with van der Waals surface area (Å²) in [4.78, 5) is 4.51. The van der Waals surface area contributed by atoms with Crippen molar-refractivity contribution in [1.29, 1.82) is 0 Å². The molecule has 0 unspecified atom stereocenters. The van der Waals surface area contributed by atoms with Crippen LogP contribution in [0.4, 0.5) is 5.69 Å². The Morgan fingerprint density at radius 1 is 1.20 bits per heavy atom. The van der Waals surface area contributed by atoms with Crippen LogP contribution < -0.4 is 15.4 Å². The van der Waals surface area contributed by atoms with Crippen LogP contribution in [0, 0.1) is 0 Å². The fourth-order valence-electron chi connectivity index (χ4n) is 1.99. The molecule has 0 spiro atoms. The van der Waals surface area contributed by atoms with Crippen molar-refractivity contribution in [3.63, 3.8) is 0 Å². The molecular weight excluding hydrogens is 455 g/mol. The predicted molar refractivity (Wildman–Crippen MR) is 114 cm³/mol. The number of hydrogen-bond donors (Lipinski definition) is 3. The topological polar surface area (TPSA) is 91.8 Å². The van der Waals surface area contributed by atoms with Crippen molar-refractivity contribution < 1.29 is 13.2 Å². The fraction of sp³-hybridized carbons (Fsp3) is 0.562. The maximum atomic E-state index is 11.4. The number of guanidine groups is 1. The number of nitrogens with zero attached hydrogens (tertiary/aromatic N) is 1. The maximum absolute atomic E-state index is 11.4. The van der Waals surface area contributed by atoms with Crippen molar-refractivity contribution >= 4 is 45.6 Å². The Morgan fingerprint density at radius 3 is 2.56 bits per heavy atom. The van der Waals surface area contributed by atoms with Crippen molar-refractivity contribution in [1.82, 2.24) is 10.6 Å². The second kappa shape index (κ2) is 13.2. The molecule has 0 aromatic heterocycles. The Labute approximate surface area is 168 Å². The van der Waals surface area contributed by atoms with Gasteiger partial charge in [-0.05, 0) is 31.9 Å². The summed E-state index contributed by atoms with van der Waals surface area (Å²) in [6.45, 7) is 7.29. The van der Waals surface area contributed by atoms with Crippen molar-refractivity contribution in [3.05, 3.63) is 29.8 Å². The SMILES string of the molecule is CCNC(=NCc1ccccc1NS(C)(=O)=O)NCCCOCC.I. The number of halogens is 1. The highest BCUT2D eigenvalue weighted by Crippen LogP contribution is 2.17. The number of ether oxygens (including phenoxy) is 1. The van der Waals surface area contributed by atoms with E-state index >= 15 is 0 Å². The summed E-state index contributed by atoms with van der Waals surface area (Å²) >= 11 is 0. The molecular formula is C16H29IN4O3S. The van der Waals surface area contributed by atoms with Crippen LogP contribution in [0.2, 0.25) is 0 Å². The molecule has 7 nitrogen and oxygen atoms in total. The molecule has 0 heterocycles. The highest BCUT2D eigenvalue weighted by atomic mass is 127. The third kappa shape index (κ3) is 11.2. The molecule has 0 saturated heterocycles. The van der Waals surface area contributed by atoms with Gasteiger partial charge in [0.15, 0.2) is 5.96 Å². The summed E-state index contributed by atoms with van der Waals surface area (Å²) in [7, 11) is -3.32. The lowest BCUT2D eigenvalue weighted by atomic mass is 10.2. The minimum Gasteiger partial charge on any atom is -0.382 e. The lowest BCUT2D eigenvalue weighted by Crippen LogP contribution is -2.38. The van der Waals surface area contributed by atoms with E-state index in [1.807, 2.05) is 26.0 Å². The highest BCUT2D eigenvalue weighted by Gasteiger charge is 2.07. The Hall–Kier alpha value is -1.07. The van der Waals surface area contributed by atoms with Crippen LogP contribution >= 0.6 is 24.0 Å². The maximum Gasteiger partial charge on any atom is 0.229 e. The molecule has 1 aromatic carbocycles. The number of aliphatic imine (C=N–C) groups is 1. The number of anilines is 1. The molecule has 0 aliphatic rings. The van der Waals surface area contributed by atoms with E-state index in [1.54, 1.807) is 12.1 Å². The molecule has 0 bridgehead atoms. The molecule has 0 aliphatic carbocycles. The van der Waals surface area contributed by atoms with Gasteiger partial charge in [0, 0.05) is 26.3 Å². The zero-order chi connectivity index (χ0) is 17.8. The van der Waals surface area contributed by atoms with Gasteiger partial charge in [0.25, 0.3) is 0 Å². The van der Waals surface area contributed by atoms with Crippen molar-refractivity contribution in [2.24, 2.45) is 4.99 Å².